The molecule has 6 nitrogen and oxygen atoms in total. The van der Waals surface area contributed by atoms with Crippen molar-refractivity contribution < 1.29 is 18.0 Å². The highest BCUT2D eigenvalue weighted by Crippen LogP contribution is 2.37. The fraction of sp³-hybridized carbons (Fsp3) is 0.778. The quantitative estimate of drug-likeness (QED) is 0.825. The van der Waals surface area contributed by atoms with Crippen molar-refractivity contribution in [2.24, 2.45) is 0 Å². The molecule has 0 unspecified atom stereocenters. The molecular weight excluding hydrogens is 283 g/mol. The Hall–Kier alpha value is -1.32. The third-order valence-electron chi connectivity index (χ3n) is 2.47. The molecule has 0 aromatic carbocycles. The number of hydrogen-bond acceptors (Lipinski definition) is 5. The predicted molar refractivity (Wildman–Crippen MR) is 60.5 cm³/mol. The number of carbonyl (C=O) groups excluding carboxylic acids is 1. The molecule has 0 bridgehead atoms. The van der Waals surface area contributed by atoms with E-state index in [2.05, 4.69) is 15.5 Å². The first kappa shape index (κ1) is 14.1. The van der Waals surface area contributed by atoms with E-state index < -0.39 is 23.9 Å². The Morgan fingerprint density at radius 2 is 2.26 bits per heavy atom. The SMILES string of the molecule is C[C@H](Sc1nnnn1C1CC1)C(=O)NCC(F)(F)F. The van der Waals surface area contributed by atoms with Crippen molar-refractivity contribution in [3.63, 3.8) is 0 Å². The van der Waals surface area contributed by atoms with E-state index in [1.807, 2.05) is 5.32 Å². The van der Waals surface area contributed by atoms with Crippen LogP contribution >= 0.6 is 11.8 Å². The maximum Gasteiger partial charge on any atom is 0.405 e. The van der Waals surface area contributed by atoms with Crippen molar-refractivity contribution in [1.29, 1.82) is 0 Å². The number of nitrogens with one attached hydrogen (secondary N) is 1. The highest BCUT2D eigenvalue weighted by Gasteiger charge is 2.31. The smallest absolute Gasteiger partial charge is 0.346 e. The molecule has 106 valence electrons. The molecule has 1 aromatic rings. The van der Waals surface area contributed by atoms with Crippen LogP contribution in [-0.2, 0) is 4.79 Å². The second-order valence-corrected chi connectivity index (χ2v) is 5.54. The largest absolute Gasteiger partial charge is 0.405 e. The third kappa shape index (κ3) is 4.08. The molecule has 1 aliphatic carbocycles. The molecule has 19 heavy (non-hydrogen) atoms. The van der Waals surface area contributed by atoms with Crippen LogP contribution in [0.5, 0.6) is 0 Å². The van der Waals surface area contributed by atoms with Crippen LogP contribution in [-0.4, -0.2) is 44.1 Å². The van der Waals surface area contributed by atoms with Gasteiger partial charge >= 0.3 is 6.18 Å². The van der Waals surface area contributed by atoms with Gasteiger partial charge in [0.2, 0.25) is 11.1 Å². The maximum absolute atomic E-state index is 12.0. The zero-order valence-electron chi connectivity index (χ0n) is 10.0. The van der Waals surface area contributed by atoms with E-state index in [0.717, 1.165) is 24.6 Å². The number of carbonyl (C=O) groups is 1. The van der Waals surface area contributed by atoms with Crippen LogP contribution in [0, 0.1) is 0 Å². The summed E-state index contributed by atoms with van der Waals surface area (Å²) in [5.74, 6) is -0.687. The zero-order chi connectivity index (χ0) is 14.0. The Kier molecular flexibility index (Phi) is 3.97. The summed E-state index contributed by atoms with van der Waals surface area (Å²) in [7, 11) is 0. The number of amides is 1. The second kappa shape index (κ2) is 5.35. The van der Waals surface area contributed by atoms with Gasteiger partial charge in [-0.1, -0.05) is 11.8 Å². The first-order valence-electron chi connectivity index (χ1n) is 5.66. The number of tetrazole rings is 1. The maximum atomic E-state index is 12.0. The highest BCUT2D eigenvalue weighted by atomic mass is 32.2. The van der Waals surface area contributed by atoms with Gasteiger partial charge in [-0.3, -0.25) is 4.79 Å². The molecule has 1 atom stereocenters. The first-order valence-corrected chi connectivity index (χ1v) is 6.54. The number of thioether (sulfide) groups is 1. The average Bonchev–Trinajstić information content (AvgIpc) is 3.06. The molecule has 1 aliphatic rings. The minimum atomic E-state index is -4.41. The molecule has 10 heteroatoms. The van der Waals surface area contributed by atoms with E-state index in [9.17, 15) is 18.0 Å². The number of hydrogen-bond donors (Lipinski definition) is 1. The van der Waals surface area contributed by atoms with Gasteiger partial charge in [0.1, 0.15) is 6.54 Å². The summed E-state index contributed by atoms with van der Waals surface area (Å²) in [6, 6.07) is 0.253. The van der Waals surface area contributed by atoms with E-state index in [0.29, 0.717) is 5.16 Å². The lowest BCUT2D eigenvalue weighted by Gasteiger charge is -2.12. The highest BCUT2D eigenvalue weighted by molar-refractivity contribution is 8.00. The second-order valence-electron chi connectivity index (χ2n) is 4.23. The number of halogens is 3. The number of aromatic nitrogens is 4. The minimum absolute atomic E-state index is 0.253. The van der Waals surface area contributed by atoms with Crippen LogP contribution in [0.1, 0.15) is 25.8 Å². The Bertz CT molecular complexity index is 459. The Balaban J connectivity index is 1.87. The Morgan fingerprint density at radius 3 is 2.84 bits per heavy atom. The topological polar surface area (TPSA) is 72.7 Å². The van der Waals surface area contributed by atoms with Crippen molar-refractivity contribution in [2.75, 3.05) is 6.54 Å². The third-order valence-corrected chi connectivity index (χ3v) is 3.52. The zero-order valence-corrected chi connectivity index (χ0v) is 10.8. The first-order chi connectivity index (χ1) is 8.87. The summed E-state index contributed by atoms with van der Waals surface area (Å²) in [4.78, 5) is 11.5. The van der Waals surface area contributed by atoms with E-state index >= 15 is 0 Å². The monoisotopic (exact) mass is 295 g/mol. The summed E-state index contributed by atoms with van der Waals surface area (Å²) in [6.45, 7) is 0.187. The van der Waals surface area contributed by atoms with Crippen LogP contribution < -0.4 is 5.32 Å². The molecule has 0 aliphatic heterocycles. The van der Waals surface area contributed by atoms with Gasteiger partial charge < -0.3 is 5.32 Å². The molecule has 1 aromatic heterocycles. The molecule has 1 N–H and O–H groups in total. The molecule has 1 heterocycles. The van der Waals surface area contributed by atoms with Gasteiger partial charge in [-0.05, 0) is 30.2 Å². The number of alkyl halides is 3. The van der Waals surface area contributed by atoms with Gasteiger partial charge in [0.05, 0.1) is 11.3 Å². The van der Waals surface area contributed by atoms with E-state index in [4.69, 9.17) is 0 Å². The van der Waals surface area contributed by atoms with Crippen LogP contribution in [0.3, 0.4) is 0 Å². The molecule has 1 amide bonds. The molecule has 1 saturated carbocycles. The summed E-state index contributed by atoms with van der Waals surface area (Å²) in [5.41, 5.74) is 0. The van der Waals surface area contributed by atoms with Crippen molar-refractivity contribution in [3.8, 4) is 0 Å². The molecule has 2 rings (SSSR count). The predicted octanol–water partition coefficient (Wildman–Crippen LogP) is 1.17. The Labute approximate surface area is 111 Å². The van der Waals surface area contributed by atoms with E-state index in [1.54, 1.807) is 4.68 Å². The number of nitrogens with zero attached hydrogens (tertiary/aromatic N) is 4. The lowest BCUT2D eigenvalue weighted by Crippen LogP contribution is -2.38. The van der Waals surface area contributed by atoms with Crippen molar-refractivity contribution in [2.45, 2.75) is 42.4 Å². The van der Waals surface area contributed by atoms with E-state index in [1.165, 1.54) is 6.92 Å². The molecule has 0 radical (unpaired) electrons. The van der Waals surface area contributed by atoms with Crippen molar-refractivity contribution >= 4 is 17.7 Å². The average molecular weight is 295 g/mol. The molecular formula is C9H12F3N5OS. The van der Waals surface area contributed by atoms with Gasteiger partial charge in [0, 0.05) is 0 Å². The van der Waals surface area contributed by atoms with E-state index in [-0.39, 0.29) is 6.04 Å². The van der Waals surface area contributed by atoms with Crippen LogP contribution in [0.15, 0.2) is 5.16 Å². The molecule has 1 fully saturated rings. The van der Waals surface area contributed by atoms with Crippen LogP contribution in [0.25, 0.3) is 0 Å². The van der Waals surface area contributed by atoms with Gasteiger partial charge in [0.25, 0.3) is 0 Å². The van der Waals surface area contributed by atoms with Crippen LogP contribution in [0.2, 0.25) is 0 Å². The lowest BCUT2D eigenvalue weighted by molar-refractivity contribution is -0.137. The number of rotatable bonds is 5. The van der Waals surface area contributed by atoms with Gasteiger partial charge in [0.15, 0.2) is 0 Å². The van der Waals surface area contributed by atoms with Gasteiger partial charge in [-0.2, -0.15) is 13.2 Å². The Morgan fingerprint density at radius 1 is 1.58 bits per heavy atom. The summed E-state index contributed by atoms with van der Waals surface area (Å²) in [5, 5.41) is 12.7. The van der Waals surface area contributed by atoms with Crippen molar-refractivity contribution in [1.82, 2.24) is 25.5 Å². The van der Waals surface area contributed by atoms with Crippen LogP contribution in [0.4, 0.5) is 13.2 Å². The standard InChI is InChI=1S/C9H12F3N5OS/c1-5(7(18)13-4-9(10,11)12)19-8-14-15-16-17(8)6-2-3-6/h5-6H,2-4H2,1H3,(H,13,18)/t5-/m0/s1. The van der Waals surface area contributed by atoms with Crippen molar-refractivity contribution in [3.05, 3.63) is 0 Å². The minimum Gasteiger partial charge on any atom is -0.346 e. The fourth-order valence-corrected chi connectivity index (χ4v) is 2.24. The normalized spacial score (nSPS) is 17.3. The fourth-order valence-electron chi connectivity index (χ4n) is 1.35. The summed E-state index contributed by atoms with van der Waals surface area (Å²) >= 11 is 1.05. The van der Waals surface area contributed by atoms with Gasteiger partial charge in [-0.15, -0.1) is 5.10 Å². The van der Waals surface area contributed by atoms with Gasteiger partial charge in [-0.25, -0.2) is 4.68 Å². The molecule has 0 saturated heterocycles. The summed E-state index contributed by atoms with van der Waals surface area (Å²) in [6.07, 6.45) is -2.45. The lowest BCUT2D eigenvalue weighted by atomic mass is 10.4. The molecule has 0 spiro atoms. The summed E-state index contributed by atoms with van der Waals surface area (Å²) < 4.78 is 37.5.